The summed E-state index contributed by atoms with van der Waals surface area (Å²) >= 11 is 3.36. The zero-order valence-corrected chi connectivity index (χ0v) is 12.8. The van der Waals surface area contributed by atoms with Crippen molar-refractivity contribution in [3.8, 4) is 0 Å². The molecule has 1 atom stereocenters. The second-order valence-corrected chi connectivity index (χ2v) is 5.49. The van der Waals surface area contributed by atoms with Crippen LogP contribution in [-0.2, 0) is 7.05 Å². The smallest absolute Gasteiger partial charge is 0.323 e. The second-order valence-electron chi connectivity index (χ2n) is 4.69. The van der Waals surface area contributed by atoms with Crippen molar-refractivity contribution in [3.05, 3.63) is 27.9 Å². The molecule has 0 aliphatic heterocycles. The lowest BCUT2D eigenvalue weighted by molar-refractivity contribution is -0.391. The maximum atomic E-state index is 12.1. The summed E-state index contributed by atoms with van der Waals surface area (Å²) in [5.74, 6) is -0.0706. The Morgan fingerprint density at radius 3 is 2.58 bits per heavy atom. The third-order valence-electron chi connectivity index (χ3n) is 3.06. The van der Waals surface area contributed by atoms with Gasteiger partial charge in [0, 0.05) is 17.4 Å². The number of nitrogens with zero attached hydrogens (tertiary/aromatic N) is 2. The molecule has 1 aromatic rings. The largest absolute Gasteiger partial charge is 0.358 e. The maximum Gasteiger partial charge on any atom is 0.323 e. The van der Waals surface area contributed by atoms with Gasteiger partial charge in [-0.1, -0.05) is 29.8 Å². The molecule has 0 radical (unpaired) electrons. The molecule has 1 unspecified atom stereocenters. The van der Waals surface area contributed by atoms with Crippen LogP contribution in [0.2, 0.25) is 0 Å². The van der Waals surface area contributed by atoms with E-state index in [0.29, 0.717) is 11.6 Å². The number of carbonyl (C=O) groups excluding carboxylic acids is 1. The van der Waals surface area contributed by atoms with Gasteiger partial charge in [0.1, 0.15) is 0 Å². The average molecular weight is 332 g/mol. The fourth-order valence-corrected chi connectivity index (χ4v) is 2.34. The van der Waals surface area contributed by atoms with Gasteiger partial charge in [0.25, 0.3) is 5.91 Å². The van der Waals surface area contributed by atoms with Crippen LogP contribution in [0.1, 0.15) is 30.8 Å². The van der Waals surface area contributed by atoms with Gasteiger partial charge in [0.15, 0.2) is 5.69 Å². The van der Waals surface area contributed by atoms with Crippen molar-refractivity contribution in [2.24, 2.45) is 13.0 Å². The number of hydrogen-bond donors (Lipinski definition) is 1. The fourth-order valence-electron chi connectivity index (χ4n) is 1.84. The van der Waals surface area contributed by atoms with E-state index >= 15 is 0 Å². The van der Waals surface area contributed by atoms with Gasteiger partial charge in [-0.25, -0.2) is 4.57 Å². The molecular formula is C12H18BrN3O3. The number of rotatable bonds is 6. The summed E-state index contributed by atoms with van der Waals surface area (Å²) in [7, 11) is 1.52. The van der Waals surface area contributed by atoms with E-state index in [1.165, 1.54) is 23.7 Å². The highest BCUT2D eigenvalue weighted by Gasteiger charge is 2.23. The Kier molecular flexibility index (Phi) is 5.53. The van der Waals surface area contributed by atoms with Crippen LogP contribution in [0.25, 0.3) is 0 Å². The number of hydrogen-bond acceptors (Lipinski definition) is 3. The van der Waals surface area contributed by atoms with E-state index < -0.39 is 4.92 Å². The zero-order chi connectivity index (χ0) is 14.6. The molecule has 0 spiro atoms. The number of nitrogens with one attached hydrogen (secondary N) is 1. The number of nitro groups is 1. The molecule has 106 valence electrons. The van der Waals surface area contributed by atoms with E-state index in [2.05, 4.69) is 21.2 Å². The highest BCUT2D eigenvalue weighted by atomic mass is 79.9. The summed E-state index contributed by atoms with van der Waals surface area (Å²) < 4.78 is 1.29. The Morgan fingerprint density at radius 1 is 1.53 bits per heavy atom. The molecular weight excluding hydrogens is 314 g/mol. The van der Waals surface area contributed by atoms with Crippen molar-refractivity contribution in [1.82, 2.24) is 9.88 Å². The van der Waals surface area contributed by atoms with Crippen LogP contribution in [0.15, 0.2) is 12.1 Å². The van der Waals surface area contributed by atoms with E-state index in [4.69, 9.17) is 0 Å². The fraction of sp³-hybridized carbons (Fsp3) is 0.583. The van der Waals surface area contributed by atoms with Crippen molar-refractivity contribution in [2.75, 3.05) is 5.33 Å². The summed E-state index contributed by atoms with van der Waals surface area (Å²) in [6.07, 6.45) is 0.815. The monoisotopic (exact) mass is 331 g/mol. The minimum absolute atomic E-state index is 0.0424. The van der Waals surface area contributed by atoms with Crippen LogP contribution in [0, 0.1) is 16.0 Å². The maximum absolute atomic E-state index is 12.1. The molecule has 0 aliphatic carbocycles. The van der Waals surface area contributed by atoms with Crippen LogP contribution in [0.3, 0.4) is 0 Å². The number of carbonyl (C=O) groups is 1. The normalized spacial score (nSPS) is 12.5. The average Bonchev–Trinajstić information content (AvgIpc) is 2.70. The molecule has 0 aliphatic rings. The quantitative estimate of drug-likeness (QED) is 0.494. The third-order valence-corrected chi connectivity index (χ3v) is 3.51. The first-order valence-electron chi connectivity index (χ1n) is 6.05. The van der Waals surface area contributed by atoms with E-state index in [9.17, 15) is 14.9 Å². The summed E-state index contributed by atoms with van der Waals surface area (Å²) in [4.78, 5) is 22.4. The highest BCUT2D eigenvalue weighted by molar-refractivity contribution is 9.09. The molecule has 7 heteroatoms. The molecule has 19 heavy (non-hydrogen) atoms. The Bertz CT molecular complexity index is 471. The van der Waals surface area contributed by atoms with E-state index in [1.54, 1.807) is 0 Å². The van der Waals surface area contributed by atoms with Gasteiger partial charge in [0.05, 0.1) is 7.05 Å². The lowest BCUT2D eigenvalue weighted by Crippen LogP contribution is -2.39. The number of halogens is 1. The van der Waals surface area contributed by atoms with Gasteiger partial charge in [-0.05, 0) is 23.3 Å². The van der Waals surface area contributed by atoms with Gasteiger partial charge in [-0.2, -0.15) is 0 Å². The van der Waals surface area contributed by atoms with Gasteiger partial charge in [-0.15, -0.1) is 0 Å². The Hall–Kier alpha value is -1.37. The lowest BCUT2D eigenvalue weighted by Gasteiger charge is -2.20. The molecule has 1 aromatic heterocycles. The molecule has 0 saturated heterocycles. The van der Waals surface area contributed by atoms with Crippen LogP contribution in [0.5, 0.6) is 0 Å². The van der Waals surface area contributed by atoms with Crippen LogP contribution in [0.4, 0.5) is 5.82 Å². The number of amides is 1. The van der Waals surface area contributed by atoms with Crippen LogP contribution < -0.4 is 5.32 Å². The van der Waals surface area contributed by atoms with Gasteiger partial charge in [0.2, 0.25) is 0 Å². The molecule has 1 heterocycles. The molecule has 0 aromatic carbocycles. The summed E-state index contributed by atoms with van der Waals surface area (Å²) in [6.45, 7) is 4.06. The first-order valence-corrected chi connectivity index (χ1v) is 7.17. The van der Waals surface area contributed by atoms with Gasteiger partial charge >= 0.3 is 5.82 Å². The molecule has 6 nitrogen and oxygen atoms in total. The zero-order valence-electron chi connectivity index (χ0n) is 11.2. The van der Waals surface area contributed by atoms with Crippen molar-refractivity contribution in [1.29, 1.82) is 0 Å². The first-order chi connectivity index (χ1) is 8.88. The minimum atomic E-state index is -0.505. The molecule has 0 bridgehead atoms. The molecule has 1 rings (SSSR count). The van der Waals surface area contributed by atoms with Crippen molar-refractivity contribution in [3.63, 3.8) is 0 Å². The standard InChI is InChI=1S/C12H18BrN3O3/c1-8(2)9(6-7-13)14-12(17)10-4-5-11(15(10)3)16(18)19/h4-5,8-9H,6-7H2,1-3H3,(H,14,17). The molecule has 1 amide bonds. The topological polar surface area (TPSA) is 77.2 Å². The van der Waals surface area contributed by atoms with E-state index in [-0.39, 0.29) is 17.8 Å². The predicted octanol–water partition coefficient (Wildman–Crippen LogP) is 2.47. The van der Waals surface area contributed by atoms with E-state index in [0.717, 1.165) is 11.8 Å². The minimum Gasteiger partial charge on any atom is -0.358 e. The van der Waals surface area contributed by atoms with Gasteiger partial charge in [-0.3, -0.25) is 4.79 Å². The number of alkyl halides is 1. The van der Waals surface area contributed by atoms with E-state index in [1.807, 2.05) is 13.8 Å². The van der Waals surface area contributed by atoms with Crippen LogP contribution >= 0.6 is 15.9 Å². The van der Waals surface area contributed by atoms with Crippen molar-refractivity contribution < 1.29 is 9.72 Å². The number of aromatic nitrogens is 1. The summed E-state index contributed by atoms with van der Waals surface area (Å²) in [5.41, 5.74) is 0.298. The lowest BCUT2D eigenvalue weighted by atomic mass is 10.0. The molecule has 0 saturated carbocycles. The Labute approximate surface area is 120 Å². The molecule has 0 fully saturated rings. The second kappa shape index (κ2) is 6.70. The van der Waals surface area contributed by atoms with Crippen molar-refractivity contribution in [2.45, 2.75) is 26.3 Å². The SMILES string of the molecule is CC(C)C(CCBr)NC(=O)c1ccc([N+](=O)[O-])n1C. The van der Waals surface area contributed by atoms with Crippen molar-refractivity contribution >= 4 is 27.7 Å². The first kappa shape index (κ1) is 15.7. The molecule has 1 N–H and O–H groups in total. The summed E-state index contributed by atoms with van der Waals surface area (Å²) in [6, 6.07) is 2.85. The highest BCUT2D eigenvalue weighted by Crippen LogP contribution is 2.16. The predicted molar refractivity (Wildman–Crippen MR) is 76.6 cm³/mol. The van der Waals surface area contributed by atoms with Gasteiger partial charge < -0.3 is 15.4 Å². The Balaban J connectivity index is 2.86. The Morgan fingerprint density at radius 2 is 2.16 bits per heavy atom. The third kappa shape index (κ3) is 3.79. The summed E-state index contributed by atoms with van der Waals surface area (Å²) in [5, 5.41) is 14.4. The van der Waals surface area contributed by atoms with Crippen LogP contribution in [-0.4, -0.2) is 26.8 Å².